The Bertz CT molecular complexity index is 515. The van der Waals surface area contributed by atoms with Gasteiger partial charge in [-0.15, -0.1) is 0 Å². The summed E-state index contributed by atoms with van der Waals surface area (Å²) in [7, 11) is 1.82. The number of hydrogen-bond acceptors (Lipinski definition) is 2. The molecule has 1 rings (SSSR count). The summed E-state index contributed by atoms with van der Waals surface area (Å²) in [6.07, 6.45) is 2.64. The summed E-state index contributed by atoms with van der Waals surface area (Å²) in [5.74, 6) is 0.569. The second kappa shape index (κ2) is 7.43. The van der Waals surface area contributed by atoms with Gasteiger partial charge in [-0.3, -0.25) is 9.59 Å². The number of nitrogens with zero attached hydrogens (tertiary/aromatic N) is 1. The highest BCUT2D eigenvalue weighted by atomic mass is 16.2. The van der Waals surface area contributed by atoms with Gasteiger partial charge in [-0.1, -0.05) is 27.2 Å². The van der Waals surface area contributed by atoms with Crippen LogP contribution in [0.25, 0.3) is 0 Å². The van der Waals surface area contributed by atoms with Crippen LogP contribution in [0.4, 0.5) is 0 Å². The number of aromatic nitrogens is 1. The lowest BCUT2D eigenvalue weighted by Gasteiger charge is -2.18. The van der Waals surface area contributed by atoms with Crippen molar-refractivity contribution < 1.29 is 9.59 Å². The van der Waals surface area contributed by atoms with Gasteiger partial charge in [0.15, 0.2) is 5.78 Å². The van der Waals surface area contributed by atoms with Crippen LogP contribution in [-0.2, 0) is 6.42 Å². The number of carbonyl (C=O) groups is 2. The summed E-state index contributed by atoms with van der Waals surface area (Å²) in [5.41, 5.74) is 2.96. The third-order valence-electron chi connectivity index (χ3n) is 3.75. The van der Waals surface area contributed by atoms with Gasteiger partial charge in [0.25, 0.3) is 5.91 Å². The van der Waals surface area contributed by atoms with E-state index in [1.54, 1.807) is 11.8 Å². The predicted molar refractivity (Wildman–Crippen MR) is 85.9 cm³/mol. The van der Waals surface area contributed by atoms with E-state index in [4.69, 9.17) is 0 Å². The van der Waals surface area contributed by atoms with Crippen molar-refractivity contribution in [3.63, 3.8) is 0 Å². The van der Waals surface area contributed by atoms with Crippen LogP contribution in [0.1, 0.15) is 72.6 Å². The molecular formula is C17H28N2O2. The normalized spacial score (nSPS) is 11.0. The largest absolute Gasteiger partial charge is 0.354 e. The first kappa shape index (κ1) is 17.5. The van der Waals surface area contributed by atoms with Gasteiger partial charge in [0.05, 0.1) is 0 Å². The van der Waals surface area contributed by atoms with E-state index < -0.39 is 0 Å². The molecule has 0 aliphatic heterocycles. The summed E-state index contributed by atoms with van der Waals surface area (Å²) in [4.78, 5) is 29.3. The number of H-pyrrole nitrogens is 1. The monoisotopic (exact) mass is 292 g/mol. The average Bonchev–Trinajstić information content (AvgIpc) is 2.72. The molecule has 4 nitrogen and oxygen atoms in total. The van der Waals surface area contributed by atoms with E-state index in [9.17, 15) is 9.59 Å². The Morgan fingerprint density at radius 1 is 1.29 bits per heavy atom. The van der Waals surface area contributed by atoms with Gasteiger partial charge >= 0.3 is 0 Å². The van der Waals surface area contributed by atoms with Gasteiger partial charge in [-0.25, -0.2) is 0 Å². The maximum Gasteiger partial charge on any atom is 0.270 e. The number of aryl methyl sites for hydroxylation is 1. The van der Waals surface area contributed by atoms with E-state index in [0.29, 0.717) is 17.2 Å². The van der Waals surface area contributed by atoms with Gasteiger partial charge < -0.3 is 9.88 Å². The molecule has 0 atom stereocenters. The van der Waals surface area contributed by atoms with Gasteiger partial charge in [0.1, 0.15) is 5.69 Å². The molecular weight excluding hydrogens is 264 g/mol. The Hall–Kier alpha value is -1.58. The van der Waals surface area contributed by atoms with E-state index in [-0.39, 0.29) is 11.7 Å². The van der Waals surface area contributed by atoms with Crippen LogP contribution in [0, 0.1) is 12.8 Å². The highest BCUT2D eigenvalue weighted by molar-refractivity contribution is 6.02. The maximum absolute atomic E-state index is 12.6. The fraction of sp³-hybridized carbons (Fsp3) is 0.647. The number of aromatic amines is 1. The predicted octanol–water partition coefficient (Wildman–Crippen LogP) is 3.60. The van der Waals surface area contributed by atoms with Gasteiger partial charge in [0.2, 0.25) is 0 Å². The first-order valence-corrected chi connectivity index (χ1v) is 7.77. The fourth-order valence-electron chi connectivity index (χ4n) is 2.58. The number of rotatable bonds is 7. The molecule has 118 valence electrons. The Morgan fingerprint density at radius 3 is 2.38 bits per heavy atom. The molecule has 1 aromatic rings. The first-order chi connectivity index (χ1) is 9.79. The maximum atomic E-state index is 12.6. The number of hydrogen-bond donors (Lipinski definition) is 1. The Labute approximate surface area is 127 Å². The van der Waals surface area contributed by atoms with E-state index in [1.165, 1.54) is 0 Å². The minimum absolute atomic E-state index is 0.0188. The third kappa shape index (κ3) is 4.19. The molecule has 1 N–H and O–H groups in total. The van der Waals surface area contributed by atoms with Crippen molar-refractivity contribution in [2.75, 3.05) is 13.6 Å². The van der Waals surface area contributed by atoms with Crippen LogP contribution >= 0.6 is 0 Å². The van der Waals surface area contributed by atoms with E-state index in [1.807, 2.05) is 14.0 Å². The van der Waals surface area contributed by atoms with Crippen LogP contribution in [0.5, 0.6) is 0 Å². The van der Waals surface area contributed by atoms with Gasteiger partial charge in [-0.2, -0.15) is 0 Å². The van der Waals surface area contributed by atoms with Crippen molar-refractivity contribution in [1.82, 2.24) is 9.88 Å². The molecule has 1 heterocycles. The summed E-state index contributed by atoms with van der Waals surface area (Å²) >= 11 is 0. The molecule has 1 amide bonds. The zero-order valence-electron chi connectivity index (χ0n) is 14.2. The summed E-state index contributed by atoms with van der Waals surface area (Å²) in [6.45, 7) is 10.5. The molecule has 0 saturated carbocycles. The van der Waals surface area contributed by atoms with Gasteiger partial charge in [-0.05, 0) is 38.2 Å². The average molecular weight is 292 g/mol. The Kier molecular flexibility index (Phi) is 6.19. The highest BCUT2D eigenvalue weighted by Gasteiger charge is 2.24. The molecule has 4 heteroatoms. The van der Waals surface area contributed by atoms with Crippen molar-refractivity contribution >= 4 is 11.7 Å². The van der Waals surface area contributed by atoms with Crippen molar-refractivity contribution in [3.05, 3.63) is 22.5 Å². The van der Waals surface area contributed by atoms with Crippen LogP contribution < -0.4 is 0 Å². The first-order valence-electron chi connectivity index (χ1n) is 7.77. The molecule has 0 radical (unpaired) electrons. The lowest BCUT2D eigenvalue weighted by Crippen LogP contribution is -2.29. The van der Waals surface area contributed by atoms with E-state index in [2.05, 4.69) is 25.8 Å². The number of amides is 1. The second-order valence-electron chi connectivity index (χ2n) is 6.19. The topological polar surface area (TPSA) is 53.2 Å². The van der Waals surface area contributed by atoms with Crippen LogP contribution in [-0.4, -0.2) is 35.2 Å². The van der Waals surface area contributed by atoms with Crippen LogP contribution in [0.15, 0.2) is 0 Å². The minimum Gasteiger partial charge on any atom is -0.354 e. The summed E-state index contributed by atoms with van der Waals surface area (Å²) in [6, 6.07) is 0. The number of ketones is 1. The van der Waals surface area contributed by atoms with Gasteiger partial charge in [0, 0.05) is 24.8 Å². The molecule has 0 aliphatic carbocycles. The quantitative estimate of drug-likeness (QED) is 0.781. The highest BCUT2D eigenvalue weighted by Crippen LogP contribution is 2.22. The SMILES string of the molecule is CCCc1c(C(=O)N(C)CCC(C)C)[nH]c(C)c1C(C)=O. The lowest BCUT2D eigenvalue weighted by atomic mass is 10.0. The molecule has 0 saturated heterocycles. The summed E-state index contributed by atoms with van der Waals surface area (Å²) < 4.78 is 0. The molecule has 0 spiro atoms. The van der Waals surface area contributed by atoms with Crippen LogP contribution in [0.3, 0.4) is 0 Å². The summed E-state index contributed by atoms with van der Waals surface area (Å²) in [5, 5.41) is 0. The zero-order chi connectivity index (χ0) is 16.2. The van der Waals surface area contributed by atoms with Crippen molar-refractivity contribution in [2.45, 2.75) is 53.9 Å². The van der Waals surface area contributed by atoms with E-state index in [0.717, 1.165) is 37.1 Å². The molecule has 0 unspecified atom stereocenters. The minimum atomic E-state index is -0.0188. The van der Waals surface area contributed by atoms with Crippen molar-refractivity contribution in [1.29, 1.82) is 0 Å². The van der Waals surface area contributed by atoms with Crippen molar-refractivity contribution in [3.8, 4) is 0 Å². The molecule has 0 fully saturated rings. The smallest absolute Gasteiger partial charge is 0.270 e. The number of carbonyl (C=O) groups excluding carboxylic acids is 2. The second-order valence-corrected chi connectivity index (χ2v) is 6.19. The third-order valence-corrected chi connectivity index (χ3v) is 3.75. The molecule has 1 aromatic heterocycles. The molecule has 21 heavy (non-hydrogen) atoms. The fourth-order valence-corrected chi connectivity index (χ4v) is 2.58. The lowest BCUT2D eigenvalue weighted by molar-refractivity contribution is 0.0783. The standard InChI is InChI=1S/C17H28N2O2/c1-7-8-14-15(13(5)20)12(4)18-16(14)17(21)19(6)10-9-11(2)3/h11,18H,7-10H2,1-6H3. The zero-order valence-corrected chi connectivity index (χ0v) is 14.2. The molecule has 0 aromatic carbocycles. The molecule has 0 bridgehead atoms. The van der Waals surface area contributed by atoms with Crippen molar-refractivity contribution in [2.24, 2.45) is 5.92 Å². The number of Topliss-reactive ketones (excluding diaryl/α,β-unsaturated/α-hetero) is 1. The Balaban J connectivity index is 3.08. The molecule has 0 aliphatic rings. The number of nitrogens with one attached hydrogen (secondary N) is 1. The van der Waals surface area contributed by atoms with Crippen LogP contribution in [0.2, 0.25) is 0 Å². The Morgan fingerprint density at radius 2 is 1.90 bits per heavy atom. The van der Waals surface area contributed by atoms with E-state index >= 15 is 0 Å².